The van der Waals surface area contributed by atoms with Crippen LogP contribution in [0.2, 0.25) is 5.02 Å². The third-order valence-electron chi connectivity index (χ3n) is 2.77. The number of nitrogens with one attached hydrogen (secondary N) is 1. The second kappa shape index (κ2) is 4.77. The molecule has 0 aromatic heterocycles. The Morgan fingerprint density at radius 3 is 3.07 bits per heavy atom. The number of halogens is 1. The number of carbonyl (C=O) groups is 1. The van der Waals surface area contributed by atoms with Crippen molar-refractivity contribution in [3.8, 4) is 0 Å². The molecule has 80 valence electrons. The predicted molar refractivity (Wildman–Crippen MR) is 61.1 cm³/mol. The van der Waals surface area contributed by atoms with E-state index in [1.165, 1.54) is 0 Å². The van der Waals surface area contributed by atoms with Crippen molar-refractivity contribution in [1.29, 1.82) is 0 Å². The van der Waals surface area contributed by atoms with Gasteiger partial charge in [-0.25, -0.2) is 0 Å². The van der Waals surface area contributed by atoms with Crippen molar-refractivity contribution in [3.05, 3.63) is 34.9 Å². The second-order valence-corrected chi connectivity index (χ2v) is 4.39. The Morgan fingerprint density at radius 2 is 2.33 bits per heavy atom. The molecule has 1 aromatic carbocycles. The number of hydrogen-bond donors (Lipinski definition) is 1. The third kappa shape index (κ3) is 2.80. The van der Waals surface area contributed by atoms with Crippen LogP contribution in [-0.2, 0) is 11.2 Å². The standard InChI is InChI=1S/C12H14ClNO/c13-11-3-1-2-9(7-11)6-10-8-14-5-4-12(10)15/h1-3,7,10,14H,4-6,8H2. The highest BCUT2D eigenvalue weighted by molar-refractivity contribution is 6.30. The van der Waals surface area contributed by atoms with Crippen molar-refractivity contribution < 1.29 is 4.79 Å². The summed E-state index contributed by atoms with van der Waals surface area (Å²) in [5.41, 5.74) is 1.14. The largest absolute Gasteiger partial charge is 0.316 e. The van der Waals surface area contributed by atoms with Gasteiger partial charge in [0.05, 0.1) is 0 Å². The second-order valence-electron chi connectivity index (χ2n) is 3.95. The number of hydrogen-bond acceptors (Lipinski definition) is 2. The van der Waals surface area contributed by atoms with Crippen LogP contribution in [0.1, 0.15) is 12.0 Å². The zero-order valence-electron chi connectivity index (χ0n) is 8.50. The van der Waals surface area contributed by atoms with Gasteiger partial charge in [0.1, 0.15) is 5.78 Å². The first-order chi connectivity index (χ1) is 7.25. The average molecular weight is 224 g/mol. The summed E-state index contributed by atoms with van der Waals surface area (Å²) in [6, 6.07) is 7.74. The molecule has 15 heavy (non-hydrogen) atoms. The van der Waals surface area contributed by atoms with Crippen LogP contribution in [0.5, 0.6) is 0 Å². The van der Waals surface area contributed by atoms with E-state index in [-0.39, 0.29) is 5.92 Å². The molecule has 0 saturated carbocycles. The molecular weight excluding hydrogens is 210 g/mol. The van der Waals surface area contributed by atoms with Gasteiger partial charge in [-0.15, -0.1) is 0 Å². The maximum Gasteiger partial charge on any atom is 0.138 e. The molecule has 1 heterocycles. The molecular formula is C12H14ClNO. The van der Waals surface area contributed by atoms with Gasteiger partial charge in [0.2, 0.25) is 0 Å². The normalized spacial score (nSPS) is 21.7. The van der Waals surface area contributed by atoms with Gasteiger partial charge in [-0.3, -0.25) is 4.79 Å². The van der Waals surface area contributed by atoms with Crippen LogP contribution in [0.4, 0.5) is 0 Å². The maximum atomic E-state index is 11.6. The number of ketones is 1. The van der Waals surface area contributed by atoms with Crippen molar-refractivity contribution in [1.82, 2.24) is 5.32 Å². The quantitative estimate of drug-likeness (QED) is 0.832. The van der Waals surface area contributed by atoms with E-state index in [9.17, 15) is 4.79 Å². The maximum absolute atomic E-state index is 11.6. The van der Waals surface area contributed by atoms with E-state index in [0.717, 1.165) is 30.1 Å². The Labute approximate surface area is 94.6 Å². The van der Waals surface area contributed by atoms with E-state index in [4.69, 9.17) is 11.6 Å². The zero-order chi connectivity index (χ0) is 10.7. The molecule has 1 aromatic rings. The van der Waals surface area contributed by atoms with Crippen molar-refractivity contribution in [2.24, 2.45) is 5.92 Å². The average Bonchev–Trinajstić information content (AvgIpc) is 2.22. The lowest BCUT2D eigenvalue weighted by molar-refractivity contribution is -0.123. The third-order valence-corrected chi connectivity index (χ3v) is 3.00. The summed E-state index contributed by atoms with van der Waals surface area (Å²) in [6.07, 6.45) is 1.46. The predicted octanol–water partition coefficient (Wildman–Crippen LogP) is 2.06. The van der Waals surface area contributed by atoms with Gasteiger partial charge in [0, 0.05) is 30.5 Å². The molecule has 0 amide bonds. The van der Waals surface area contributed by atoms with Crippen molar-refractivity contribution in [2.75, 3.05) is 13.1 Å². The molecule has 1 saturated heterocycles. The lowest BCUT2D eigenvalue weighted by Crippen LogP contribution is -2.37. The van der Waals surface area contributed by atoms with E-state index in [2.05, 4.69) is 5.32 Å². The lowest BCUT2D eigenvalue weighted by Gasteiger charge is -2.21. The molecule has 0 radical (unpaired) electrons. The minimum Gasteiger partial charge on any atom is -0.316 e. The van der Waals surface area contributed by atoms with E-state index < -0.39 is 0 Å². The summed E-state index contributed by atoms with van der Waals surface area (Å²) in [5.74, 6) is 0.492. The fraction of sp³-hybridized carbons (Fsp3) is 0.417. The van der Waals surface area contributed by atoms with Crippen LogP contribution in [0.3, 0.4) is 0 Å². The van der Waals surface area contributed by atoms with Gasteiger partial charge >= 0.3 is 0 Å². The van der Waals surface area contributed by atoms with Gasteiger partial charge in [-0.2, -0.15) is 0 Å². The molecule has 1 N–H and O–H groups in total. The molecule has 1 fully saturated rings. The smallest absolute Gasteiger partial charge is 0.138 e. The monoisotopic (exact) mass is 223 g/mol. The molecule has 2 nitrogen and oxygen atoms in total. The van der Waals surface area contributed by atoms with Crippen LogP contribution in [0.25, 0.3) is 0 Å². The Kier molecular flexibility index (Phi) is 3.39. The SMILES string of the molecule is O=C1CCNCC1Cc1cccc(Cl)c1. The molecule has 2 rings (SSSR count). The number of piperidine rings is 1. The summed E-state index contributed by atoms with van der Waals surface area (Å²) < 4.78 is 0. The molecule has 0 spiro atoms. The topological polar surface area (TPSA) is 29.1 Å². The summed E-state index contributed by atoms with van der Waals surface area (Å²) in [7, 11) is 0. The number of benzene rings is 1. The van der Waals surface area contributed by atoms with Gasteiger partial charge in [-0.05, 0) is 24.1 Å². The highest BCUT2D eigenvalue weighted by atomic mass is 35.5. The van der Waals surface area contributed by atoms with E-state index in [1.807, 2.05) is 24.3 Å². The molecule has 0 bridgehead atoms. The van der Waals surface area contributed by atoms with Crippen molar-refractivity contribution >= 4 is 17.4 Å². The molecule has 1 atom stereocenters. The summed E-state index contributed by atoms with van der Waals surface area (Å²) in [4.78, 5) is 11.6. The summed E-state index contributed by atoms with van der Waals surface area (Å²) in [5, 5.41) is 3.99. The highest BCUT2D eigenvalue weighted by Crippen LogP contribution is 2.16. The van der Waals surface area contributed by atoms with Crippen molar-refractivity contribution in [2.45, 2.75) is 12.8 Å². The van der Waals surface area contributed by atoms with E-state index in [0.29, 0.717) is 12.2 Å². The Hall–Kier alpha value is -0.860. The van der Waals surface area contributed by atoms with E-state index >= 15 is 0 Å². The lowest BCUT2D eigenvalue weighted by atomic mass is 9.91. The van der Waals surface area contributed by atoms with Crippen molar-refractivity contribution in [3.63, 3.8) is 0 Å². The summed E-state index contributed by atoms with van der Waals surface area (Å²) in [6.45, 7) is 1.62. The Balaban J connectivity index is 2.04. The zero-order valence-corrected chi connectivity index (χ0v) is 9.26. The van der Waals surface area contributed by atoms with Crippen LogP contribution < -0.4 is 5.32 Å². The first-order valence-electron chi connectivity index (χ1n) is 5.23. The van der Waals surface area contributed by atoms with Crippen LogP contribution in [0.15, 0.2) is 24.3 Å². The fourth-order valence-corrected chi connectivity index (χ4v) is 2.15. The number of rotatable bonds is 2. The first kappa shape index (κ1) is 10.7. The minimum absolute atomic E-state index is 0.122. The summed E-state index contributed by atoms with van der Waals surface area (Å²) >= 11 is 5.90. The molecule has 1 aliphatic heterocycles. The molecule has 3 heteroatoms. The minimum atomic E-state index is 0.122. The first-order valence-corrected chi connectivity index (χ1v) is 5.61. The molecule has 1 unspecified atom stereocenters. The van der Waals surface area contributed by atoms with E-state index in [1.54, 1.807) is 0 Å². The molecule has 0 aliphatic carbocycles. The Morgan fingerprint density at radius 1 is 1.47 bits per heavy atom. The molecule has 1 aliphatic rings. The van der Waals surface area contributed by atoms with Crippen LogP contribution in [0, 0.1) is 5.92 Å². The van der Waals surface area contributed by atoms with Crippen LogP contribution >= 0.6 is 11.6 Å². The highest BCUT2D eigenvalue weighted by Gasteiger charge is 2.21. The van der Waals surface area contributed by atoms with Crippen LogP contribution in [-0.4, -0.2) is 18.9 Å². The van der Waals surface area contributed by atoms with Gasteiger partial charge < -0.3 is 5.32 Å². The number of carbonyl (C=O) groups excluding carboxylic acids is 1. The Bertz CT molecular complexity index is 364. The van der Waals surface area contributed by atoms with Gasteiger partial charge in [0.25, 0.3) is 0 Å². The van der Waals surface area contributed by atoms with Gasteiger partial charge in [-0.1, -0.05) is 23.7 Å². The fourth-order valence-electron chi connectivity index (χ4n) is 1.94. The van der Waals surface area contributed by atoms with Gasteiger partial charge in [0.15, 0.2) is 0 Å². The number of Topliss-reactive ketones (excluding diaryl/α,β-unsaturated/α-hetero) is 1.